The number of hydrogen-bond acceptors (Lipinski definition) is 4. The summed E-state index contributed by atoms with van der Waals surface area (Å²) < 4.78 is 7.35. The standard InChI is InChI=1S/C24H32N4O3/c1-17-6-8-18(9-7-17)14-24(10-11-24)26(5)21(29)19-15-25-28-13-12-27(16-20(19)28)22(30)31-23(2,3)4/h6-9,15H,10-14,16H2,1-5H3. The molecular weight excluding hydrogens is 392 g/mol. The van der Waals surface area contributed by atoms with E-state index in [2.05, 4.69) is 36.3 Å². The Morgan fingerprint density at radius 3 is 2.45 bits per heavy atom. The molecule has 1 aromatic heterocycles. The van der Waals surface area contributed by atoms with E-state index < -0.39 is 5.60 Å². The fourth-order valence-corrected chi connectivity index (χ4v) is 4.16. The van der Waals surface area contributed by atoms with Crippen LogP contribution in [0.3, 0.4) is 0 Å². The number of amides is 2. The van der Waals surface area contributed by atoms with Gasteiger partial charge in [-0.05, 0) is 52.5 Å². The lowest BCUT2D eigenvalue weighted by molar-refractivity contribution is 0.0192. The van der Waals surface area contributed by atoms with Crippen molar-refractivity contribution >= 4 is 12.0 Å². The maximum Gasteiger partial charge on any atom is 0.410 e. The highest BCUT2D eigenvalue weighted by Crippen LogP contribution is 2.44. The predicted octanol–water partition coefficient (Wildman–Crippen LogP) is 3.79. The van der Waals surface area contributed by atoms with Crippen molar-refractivity contribution in [1.82, 2.24) is 19.6 Å². The molecule has 0 N–H and O–H groups in total. The molecular formula is C24H32N4O3. The molecule has 2 aromatic rings. The van der Waals surface area contributed by atoms with Gasteiger partial charge in [-0.15, -0.1) is 0 Å². The number of fused-ring (bicyclic) bond motifs is 1. The summed E-state index contributed by atoms with van der Waals surface area (Å²) in [5.74, 6) is -0.0306. The van der Waals surface area contributed by atoms with E-state index >= 15 is 0 Å². The zero-order valence-electron chi connectivity index (χ0n) is 19.1. The Morgan fingerprint density at radius 2 is 1.84 bits per heavy atom. The quantitative estimate of drug-likeness (QED) is 0.749. The number of carbonyl (C=O) groups excluding carboxylic acids is 2. The normalized spacial score (nSPS) is 17.1. The minimum absolute atomic E-state index is 0.0306. The maximum absolute atomic E-state index is 13.5. The third-order valence-corrected chi connectivity index (χ3v) is 6.25. The largest absolute Gasteiger partial charge is 0.444 e. The van der Waals surface area contributed by atoms with Crippen molar-refractivity contribution in [2.75, 3.05) is 13.6 Å². The number of rotatable bonds is 4. The van der Waals surface area contributed by atoms with Gasteiger partial charge < -0.3 is 14.5 Å². The number of carbonyl (C=O) groups is 2. The van der Waals surface area contributed by atoms with E-state index in [0.717, 1.165) is 25.0 Å². The molecule has 1 aliphatic carbocycles. The summed E-state index contributed by atoms with van der Waals surface area (Å²) >= 11 is 0. The van der Waals surface area contributed by atoms with Gasteiger partial charge in [0.25, 0.3) is 5.91 Å². The molecule has 7 nitrogen and oxygen atoms in total. The first-order valence-electron chi connectivity index (χ1n) is 10.9. The first-order chi connectivity index (χ1) is 14.6. The number of aryl methyl sites for hydroxylation is 1. The van der Waals surface area contributed by atoms with Crippen LogP contribution in [0.2, 0.25) is 0 Å². The van der Waals surface area contributed by atoms with Gasteiger partial charge in [0.1, 0.15) is 5.60 Å². The molecule has 0 spiro atoms. The fourth-order valence-electron chi connectivity index (χ4n) is 4.16. The van der Waals surface area contributed by atoms with Crippen LogP contribution in [-0.2, 0) is 24.2 Å². The van der Waals surface area contributed by atoms with Gasteiger partial charge in [0, 0.05) is 19.1 Å². The number of hydrogen-bond donors (Lipinski definition) is 0. The zero-order chi connectivity index (χ0) is 22.4. The lowest BCUT2D eigenvalue weighted by Crippen LogP contribution is -2.43. The van der Waals surface area contributed by atoms with Crippen LogP contribution in [0, 0.1) is 6.92 Å². The molecule has 1 fully saturated rings. The minimum atomic E-state index is -0.554. The van der Waals surface area contributed by atoms with E-state index in [1.54, 1.807) is 11.1 Å². The number of nitrogens with zero attached hydrogens (tertiary/aromatic N) is 4. The van der Waals surface area contributed by atoms with Crippen LogP contribution in [0.1, 0.15) is 60.8 Å². The summed E-state index contributed by atoms with van der Waals surface area (Å²) in [6.45, 7) is 9.04. The van der Waals surface area contributed by atoms with Crippen molar-refractivity contribution in [2.24, 2.45) is 0 Å². The summed E-state index contributed by atoms with van der Waals surface area (Å²) in [6, 6.07) is 8.53. The molecule has 1 saturated carbocycles. The van der Waals surface area contributed by atoms with Gasteiger partial charge in [-0.1, -0.05) is 29.8 Å². The molecule has 2 heterocycles. The van der Waals surface area contributed by atoms with Gasteiger partial charge in [0.15, 0.2) is 0 Å². The Morgan fingerprint density at radius 1 is 1.16 bits per heavy atom. The molecule has 1 aromatic carbocycles. The van der Waals surface area contributed by atoms with E-state index in [1.807, 2.05) is 37.4 Å². The van der Waals surface area contributed by atoms with Crippen molar-refractivity contribution in [3.05, 3.63) is 52.8 Å². The Balaban J connectivity index is 1.50. The molecule has 0 saturated heterocycles. The smallest absolute Gasteiger partial charge is 0.410 e. The predicted molar refractivity (Wildman–Crippen MR) is 118 cm³/mol. The third kappa shape index (κ3) is 4.45. The van der Waals surface area contributed by atoms with Gasteiger partial charge in [-0.25, -0.2) is 4.79 Å². The van der Waals surface area contributed by atoms with Gasteiger partial charge >= 0.3 is 6.09 Å². The second-order valence-electron chi connectivity index (χ2n) is 9.88. The molecule has 4 rings (SSSR count). The van der Waals surface area contributed by atoms with Gasteiger partial charge in [0.05, 0.1) is 30.5 Å². The van der Waals surface area contributed by atoms with Crippen LogP contribution in [0.5, 0.6) is 0 Å². The highest BCUT2D eigenvalue weighted by atomic mass is 16.6. The fraction of sp³-hybridized carbons (Fsp3) is 0.542. The molecule has 7 heteroatoms. The molecule has 0 bridgehead atoms. The summed E-state index contributed by atoms with van der Waals surface area (Å²) in [5, 5.41) is 4.42. The monoisotopic (exact) mass is 424 g/mol. The number of aromatic nitrogens is 2. The maximum atomic E-state index is 13.5. The third-order valence-electron chi connectivity index (χ3n) is 6.25. The van der Waals surface area contributed by atoms with Gasteiger partial charge in [0.2, 0.25) is 0 Å². The van der Waals surface area contributed by atoms with Crippen LogP contribution in [0.15, 0.2) is 30.5 Å². The van der Waals surface area contributed by atoms with Gasteiger partial charge in [-0.2, -0.15) is 5.10 Å². The molecule has 2 aliphatic rings. The van der Waals surface area contributed by atoms with Crippen LogP contribution in [0.4, 0.5) is 4.79 Å². The first kappa shape index (κ1) is 21.4. The van der Waals surface area contributed by atoms with E-state index in [1.165, 1.54) is 11.1 Å². The van der Waals surface area contributed by atoms with Crippen LogP contribution < -0.4 is 0 Å². The molecule has 2 amide bonds. The zero-order valence-corrected chi connectivity index (χ0v) is 19.1. The average molecular weight is 425 g/mol. The molecule has 166 valence electrons. The number of ether oxygens (including phenoxy) is 1. The molecule has 31 heavy (non-hydrogen) atoms. The summed E-state index contributed by atoms with van der Waals surface area (Å²) in [7, 11) is 1.89. The van der Waals surface area contributed by atoms with Crippen molar-refractivity contribution < 1.29 is 14.3 Å². The van der Waals surface area contributed by atoms with Gasteiger partial charge in [-0.3, -0.25) is 9.48 Å². The van der Waals surface area contributed by atoms with Crippen molar-refractivity contribution in [1.29, 1.82) is 0 Å². The topological polar surface area (TPSA) is 67.7 Å². The van der Waals surface area contributed by atoms with Crippen LogP contribution in [0.25, 0.3) is 0 Å². The number of likely N-dealkylation sites (N-methyl/N-ethyl adjacent to an activating group) is 1. The Bertz CT molecular complexity index is 983. The van der Waals surface area contributed by atoms with E-state index in [9.17, 15) is 9.59 Å². The first-order valence-corrected chi connectivity index (χ1v) is 10.9. The van der Waals surface area contributed by atoms with Crippen molar-refractivity contribution in [3.8, 4) is 0 Å². The summed E-state index contributed by atoms with van der Waals surface area (Å²) in [6.07, 6.45) is 4.13. The molecule has 1 aliphatic heterocycles. The van der Waals surface area contributed by atoms with Crippen molar-refractivity contribution in [2.45, 2.75) is 71.2 Å². The van der Waals surface area contributed by atoms with E-state index in [-0.39, 0.29) is 17.5 Å². The molecule has 0 unspecified atom stereocenters. The van der Waals surface area contributed by atoms with E-state index in [4.69, 9.17) is 4.74 Å². The lowest BCUT2D eigenvalue weighted by Gasteiger charge is -2.32. The highest BCUT2D eigenvalue weighted by molar-refractivity contribution is 5.96. The van der Waals surface area contributed by atoms with E-state index in [0.29, 0.717) is 25.2 Å². The molecule has 0 radical (unpaired) electrons. The second-order valence-corrected chi connectivity index (χ2v) is 9.88. The summed E-state index contributed by atoms with van der Waals surface area (Å²) in [5.41, 5.74) is 3.14. The number of benzene rings is 1. The Kier molecular flexibility index (Phi) is 5.31. The molecule has 0 atom stereocenters. The lowest BCUT2D eigenvalue weighted by atomic mass is 10.0. The SMILES string of the molecule is Cc1ccc(CC2(N(C)C(=O)c3cnn4c3CN(C(=O)OC(C)(C)C)CC4)CC2)cc1. The minimum Gasteiger partial charge on any atom is -0.444 e. The Hall–Kier alpha value is -2.83. The Labute approximate surface area is 184 Å². The summed E-state index contributed by atoms with van der Waals surface area (Å²) in [4.78, 5) is 29.5. The van der Waals surface area contributed by atoms with Crippen LogP contribution >= 0.6 is 0 Å². The highest BCUT2D eigenvalue weighted by Gasteiger charge is 2.49. The van der Waals surface area contributed by atoms with Crippen LogP contribution in [-0.4, -0.2) is 56.3 Å². The average Bonchev–Trinajstić information content (AvgIpc) is 3.37. The van der Waals surface area contributed by atoms with Crippen molar-refractivity contribution in [3.63, 3.8) is 0 Å². The second kappa shape index (κ2) is 7.70.